The Labute approximate surface area is 121 Å². The molecule has 19 heavy (non-hydrogen) atoms. The number of alkyl halides is 1. The largest absolute Gasteiger partial charge is 0.261 e. The van der Waals surface area contributed by atoms with Crippen LogP contribution in [0.25, 0.3) is 0 Å². The van der Waals surface area contributed by atoms with Crippen molar-refractivity contribution in [2.45, 2.75) is 56.7 Å². The maximum atomic E-state index is 6.69. The van der Waals surface area contributed by atoms with Crippen LogP contribution in [0.15, 0.2) is 24.4 Å². The van der Waals surface area contributed by atoms with Crippen molar-refractivity contribution in [3.63, 3.8) is 0 Å². The van der Waals surface area contributed by atoms with Gasteiger partial charge in [0.2, 0.25) is 0 Å². The Morgan fingerprint density at radius 1 is 1.11 bits per heavy atom. The highest BCUT2D eigenvalue weighted by molar-refractivity contribution is 6.20. The highest BCUT2D eigenvalue weighted by Gasteiger charge is 2.34. The van der Waals surface area contributed by atoms with Crippen molar-refractivity contribution in [1.82, 2.24) is 4.98 Å². The molecule has 4 atom stereocenters. The second kappa shape index (κ2) is 6.26. The van der Waals surface area contributed by atoms with Crippen molar-refractivity contribution in [1.29, 1.82) is 0 Å². The normalized spacial score (nSPS) is 32.6. The zero-order valence-electron chi connectivity index (χ0n) is 11.6. The number of fused-ring (bicyclic) bond motifs is 1. The second-order valence-electron chi connectivity index (χ2n) is 6.42. The van der Waals surface area contributed by atoms with E-state index in [-0.39, 0.29) is 5.38 Å². The number of hydrogen-bond acceptors (Lipinski definition) is 1. The molecule has 0 bridgehead atoms. The third-order valence-corrected chi connectivity index (χ3v) is 5.73. The Hall–Kier alpha value is -0.560. The summed E-state index contributed by atoms with van der Waals surface area (Å²) in [7, 11) is 0. The predicted molar refractivity (Wildman–Crippen MR) is 80.4 cm³/mol. The van der Waals surface area contributed by atoms with Crippen molar-refractivity contribution < 1.29 is 0 Å². The summed E-state index contributed by atoms with van der Waals surface area (Å²) >= 11 is 6.69. The van der Waals surface area contributed by atoms with Crippen LogP contribution in [0.1, 0.15) is 50.6 Å². The molecular formula is C17H24ClN. The van der Waals surface area contributed by atoms with E-state index >= 15 is 0 Å². The Balaban J connectivity index is 1.57. The molecule has 1 aromatic heterocycles. The third-order valence-electron chi connectivity index (χ3n) is 5.22. The molecule has 2 aliphatic rings. The fourth-order valence-electron chi connectivity index (χ4n) is 4.12. The van der Waals surface area contributed by atoms with Gasteiger partial charge in [-0.25, -0.2) is 0 Å². The Morgan fingerprint density at radius 3 is 2.74 bits per heavy atom. The lowest BCUT2D eigenvalue weighted by molar-refractivity contribution is 0.127. The van der Waals surface area contributed by atoms with Gasteiger partial charge in [0.05, 0.1) is 0 Å². The van der Waals surface area contributed by atoms with Gasteiger partial charge in [-0.15, -0.1) is 11.6 Å². The molecule has 0 amide bonds. The van der Waals surface area contributed by atoms with Crippen molar-refractivity contribution in [2.24, 2.45) is 17.8 Å². The van der Waals surface area contributed by atoms with Crippen molar-refractivity contribution in [3.8, 4) is 0 Å². The first-order valence-corrected chi connectivity index (χ1v) is 8.30. The van der Waals surface area contributed by atoms with Crippen LogP contribution in [0.4, 0.5) is 0 Å². The zero-order valence-corrected chi connectivity index (χ0v) is 12.4. The topological polar surface area (TPSA) is 12.9 Å². The van der Waals surface area contributed by atoms with Gasteiger partial charge < -0.3 is 0 Å². The Bertz CT molecular complexity index is 392. The minimum Gasteiger partial charge on any atom is -0.261 e. The van der Waals surface area contributed by atoms with E-state index in [0.29, 0.717) is 5.92 Å². The van der Waals surface area contributed by atoms with Crippen LogP contribution in [-0.2, 0) is 6.42 Å². The maximum Gasteiger partial charge on any atom is 0.0419 e. The van der Waals surface area contributed by atoms with E-state index in [0.717, 1.165) is 24.0 Å². The summed E-state index contributed by atoms with van der Waals surface area (Å²) in [5.41, 5.74) is 1.15. The van der Waals surface area contributed by atoms with Crippen LogP contribution in [0, 0.1) is 17.8 Å². The number of aromatic nitrogens is 1. The van der Waals surface area contributed by atoms with E-state index < -0.39 is 0 Å². The summed E-state index contributed by atoms with van der Waals surface area (Å²) in [5.74, 6) is 2.70. The van der Waals surface area contributed by atoms with E-state index in [1.54, 1.807) is 0 Å². The van der Waals surface area contributed by atoms with E-state index in [2.05, 4.69) is 17.1 Å². The molecular weight excluding hydrogens is 254 g/mol. The second-order valence-corrected chi connectivity index (χ2v) is 6.98. The summed E-state index contributed by atoms with van der Waals surface area (Å²) in [6.07, 6.45) is 12.8. The van der Waals surface area contributed by atoms with Gasteiger partial charge in [0, 0.05) is 23.7 Å². The number of rotatable bonds is 3. The molecule has 2 fully saturated rings. The monoisotopic (exact) mass is 277 g/mol. The van der Waals surface area contributed by atoms with Gasteiger partial charge in [-0.05, 0) is 49.1 Å². The van der Waals surface area contributed by atoms with Crippen molar-refractivity contribution >= 4 is 11.6 Å². The third kappa shape index (κ3) is 3.31. The molecule has 4 unspecified atom stereocenters. The molecule has 0 aliphatic heterocycles. The number of nitrogens with zero attached hydrogens (tertiary/aromatic N) is 1. The summed E-state index contributed by atoms with van der Waals surface area (Å²) in [4.78, 5) is 4.41. The standard InChI is InChI=1S/C17H24ClN/c18-17(12-16-7-3-4-10-19-16)15-9-8-13-5-1-2-6-14(13)11-15/h3-4,7,10,13-15,17H,1-2,5-6,8-9,11-12H2. The number of pyridine rings is 1. The lowest BCUT2D eigenvalue weighted by Gasteiger charge is -2.40. The molecule has 0 aromatic carbocycles. The summed E-state index contributed by atoms with van der Waals surface area (Å²) in [6, 6.07) is 6.13. The van der Waals surface area contributed by atoms with Gasteiger partial charge in [-0.1, -0.05) is 31.7 Å². The van der Waals surface area contributed by atoms with Crippen LogP contribution in [0.3, 0.4) is 0 Å². The molecule has 2 aliphatic carbocycles. The van der Waals surface area contributed by atoms with Gasteiger partial charge in [0.25, 0.3) is 0 Å². The zero-order chi connectivity index (χ0) is 13.1. The molecule has 0 radical (unpaired) electrons. The molecule has 0 N–H and O–H groups in total. The fraction of sp³-hybridized carbons (Fsp3) is 0.706. The number of halogens is 1. The molecule has 0 saturated heterocycles. The van der Waals surface area contributed by atoms with E-state index in [1.807, 2.05) is 12.3 Å². The van der Waals surface area contributed by atoms with E-state index in [1.165, 1.54) is 44.9 Å². The maximum absolute atomic E-state index is 6.69. The Morgan fingerprint density at radius 2 is 1.95 bits per heavy atom. The SMILES string of the molecule is ClC(Cc1ccccn1)C1CCC2CCCCC2C1. The first-order chi connectivity index (χ1) is 9.33. The van der Waals surface area contributed by atoms with Crippen LogP contribution in [-0.4, -0.2) is 10.4 Å². The molecule has 0 spiro atoms. The highest BCUT2D eigenvalue weighted by Crippen LogP contribution is 2.44. The van der Waals surface area contributed by atoms with Crippen LogP contribution < -0.4 is 0 Å². The average molecular weight is 278 g/mol. The molecule has 104 valence electrons. The van der Waals surface area contributed by atoms with Crippen molar-refractivity contribution in [3.05, 3.63) is 30.1 Å². The molecule has 3 rings (SSSR count). The van der Waals surface area contributed by atoms with E-state index in [9.17, 15) is 0 Å². The van der Waals surface area contributed by atoms with Crippen LogP contribution >= 0.6 is 11.6 Å². The van der Waals surface area contributed by atoms with E-state index in [4.69, 9.17) is 11.6 Å². The van der Waals surface area contributed by atoms with Crippen LogP contribution in [0.5, 0.6) is 0 Å². The quantitative estimate of drug-likeness (QED) is 0.721. The van der Waals surface area contributed by atoms with Gasteiger partial charge in [0.1, 0.15) is 0 Å². The smallest absolute Gasteiger partial charge is 0.0419 e. The number of hydrogen-bond donors (Lipinski definition) is 0. The first-order valence-electron chi connectivity index (χ1n) is 7.87. The first kappa shape index (κ1) is 13.4. The molecule has 1 heterocycles. The lowest BCUT2D eigenvalue weighted by Crippen LogP contribution is -2.32. The molecule has 1 aromatic rings. The minimum absolute atomic E-state index is 0.276. The summed E-state index contributed by atoms with van der Waals surface area (Å²) in [6.45, 7) is 0. The van der Waals surface area contributed by atoms with Crippen LogP contribution in [0.2, 0.25) is 0 Å². The minimum atomic E-state index is 0.276. The molecule has 2 saturated carbocycles. The molecule has 1 nitrogen and oxygen atoms in total. The Kier molecular flexibility index (Phi) is 4.42. The van der Waals surface area contributed by atoms with Gasteiger partial charge in [-0.2, -0.15) is 0 Å². The van der Waals surface area contributed by atoms with Gasteiger partial charge >= 0.3 is 0 Å². The van der Waals surface area contributed by atoms with Crippen molar-refractivity contribution in [2.75, 3.05) is 0 Å². The fourth-order valence-corrected chi connectivity index (χ4v) is 4.51. The summed E-state index contributed by atoms with van der Waals surface area (Å²) < 4.78 is 0. The lowest BCUT2D eigenvalue weighted by atomic mass is 9.66. The van der Waals surface area contributed by atoms with Gasteiger partial charge in [-0.3, -0.25) is 4.98 Å². The summed E-state index contributed by atoms with van der Waals surface area (Å²) in [5, 5.41) is 0.276. The van der Waals surface area contributed by atoms with Gasteiger partial charge in [0.15, 0.2) is 0 Å². The molecule has 2 heteroatoms. The average Bonchev–Trinajstić information content (AvgIpc) is 2.48. The predicted octanol–water partition coefficient (Wildman–Crippen LogP) is 4.84. The highest BCUT2D eigenvalue weighted by atomic mass is 35.5.